The molecule has 2 aliphatic rings. The molecule has 0 amide bonds. The molecular formula is C27H17F2N3O. The molecule has 5 rings (SSSR count). The molecule has 3 atom stereocenters. The molecule has 1 fully saturated rings. The SMILES string of the molecule is N#CC1(C#N)[C@@H]2c3ccccc3C=CN2[C@@H](C(=O)c2ccccc2)[C@@H]1c1ccc(F)cc1F. The van der Waals surface area contributed by atoms with Crippen LogP contribution in [0, 0.1) is 39.7 Å². The van der Waals surface area contributed by atoms with Crippen molar-refractivity contribution in [2.24, 2.45) is 5.41 Å². The van der Waals surface area contributed by atoms with E-state index in [2.05, 4.69) is 12.1 Å². The fourth-order valence-corrected chi connectivity index (χ4v) is 5.17. The normalized spacial score (nSPS) is 22.1. The van der Waals surface area contributed by atoms with Crippen molar-refractivity contribution >= 4 is 11.9 Å². The lowest BCUT2D eigenvalue weighted by Gasteiger charge is -2.34. The van der Waals surface area contributed by atoms with Gasteiger partial charge >= 0.3 is 0 Å². The van der Waals surface area contributed by atoms with E-state index < -0.39 is 35.1 Å². The first-order chi connectivity index (χ1) is 16.0. The van der Waals surface area contributed by atoms with Crippen molar-refractivity contribution in [3.63, 3.8) is 0 Å². The molecule has 6 heteroatoms. The van der Waals surface area contributed by atoms with Crippen LogP contribution in [0.2, 0.25) is 0 Å². The molecule has 2 heterocycles. The monoisotopic (exact) mass is 437 g/mol. The molecular weight excluding hydrogens is 420 g/mol. The van der Waals surface area contributed by atoms with Crippen LogP contribution in [0.15, 0.2) is 79.0 Å². The van der Waals surface area contributed by atoms with E-state index in [1.807, 2.05) is 24.3 Å². The van der Waals surface area contributed by atoms with E-state index in [-0.39, 0.29) is 11.3 Å². The predicted octanol–water partition coefficient (Wildman–Crippen LogP) is 5.37. The zero-order chi connectivity index (χ0) is 23.2. The van der Waals surface area contributed by atoms with Crippen molar-refractivity contribution in [2.45, 2.75) is 18.0 Å². The highest BCUT2D eigenvalue weighted by Gasteiger charge is 2.64. The summed E-state index contributed by atoms with van der Waals surface area (Å²) in [7, 11) is 0. The van der Waals surface area contributed by atoms with E-state index >= 15 is 4.39 Å². The topological polar surface area (TPSA) is 67.9 Å². The third-order valence-corrected chi connectivity index (χ3v) is 6.57. The summed E-state index contributed by atoms with van der Waals surface area (Å²) in [5.74, 6) is -3.16. The van der Waals surface area contributed by atoms with Crippen molar-refractivity contribution in [3.8, 4) is 12.1 Å². The minimum absolute atomic E-state index is 0.0333. The maximum Gasteiger partial charge on any atom is 0.185 e. The minimum Gasteiger partial charge on any atom is -0.357 e. The number of nitriles is 2. The number of ketones is 1. The molecule has 160 valence electrons. The van der Waals surface area contributed by atoms with Gasteiger partial charge in [0.2, 0.25) is 0 Å². The Bertz CT molecular complexity index is 1360. The van der Waals surface area contributed by atoms with Gasteiger partial charge in [0.05, 0.1) is 18.2 Å². The highest BCUT2D eigenvalue weighted by atomic mass is 19.1. The molecule has 0 aromatic heterocycles. The van der Waals surface area contributed by atoms with E-state index in [1.165, 1.54) is 6.07 Å². The Morgan fingerprint density at radius 3 is 2.30 bits per heavy atom. The second kappa shape index (κ2) is 7.69. The lowest BCUT2D eigenvalue weighted by Crippen LogP contribution is -2.38. The van der Waals surface area contributed by atoms with E-state index in [4.69, 9.17) is 0 Å². The van der Waals surface area contributed by atoms with Crippen molar-refractivity contribution in [2.75, 3.05) is 0 Å². The van der Waals surface area contributed by atoms with Gasteiger partial charge in [-0.05, 0) is 28.8 Å². The summed E-state index contributed by atoms with van der Waals surface area (Å²) in [6.07, 6.45) is 3.52. The number of Topliss-reactive ketones (excluding diaryl/α,β-unsaturated/α-hetero) is 1. The van der Waals surface area contributed by atoms with Gasteiger partial charge in [0.15, 0.2) is 11.2 Å². The van der Waals surface area contributed by atoms with Gasteiger partial charge < -0.3 is 4.90 Å². The van der Waals surface area contributed by atoms with E-state index in [9.17, 15) is 19.7 Å². The Morgan fingerprint density at radius 2 is 1.61 bits per heavy atom. The van der Waals surface area contributed by atoms with Gasteiger partial charge in [-0.3, -0.25) is 4.79 Å². The quantitative estimate of drug-likeness (QED) is 0.517. The van der Waals surface area contributed by atoms with Gasteiger partial charge in [-0.15, -0.1) is 0 Å². The third-order valence-electron chi connectivity index (χ3n) is 6.57. The van der Waals surface area contributed by atoms with Crippen LogP contribution in [-0.4, -0.2) is 16.7 Å². The zero-order valence-corrected chi connectivity index (χ0v) is 17.3. The van der Waals surface area contributed by atoms with Crippen LogP contribution in [-0.2, 0) is 0 Å². The Labute approximate surface area is 189 Å². The minimum atomic E-state index is -1.80. The molecule has 0 N–H and O–H groups in total. The second-order valence-corrected chi connectivity index (χ2v) is 8.21. The van der Waals surface area contributed by atoms with E-state index in [0.717, 1.165) is 17.7 Å². The van der Waals surface area contributed by atoms with Crippen LogP contribution in [0.4, 0.5) is 8.78 Å². The number of carbonyl (C=O) groups is 1. The molecule has 3 aromatic rings. The van der Waals surface area contributed by atoms with Crippen molar-refractivity contribution in [1.82, 2.24) is 4.90 Å². The second-order valence-electron chi connectivity index (χ2n) is 8.21. The number of carbonyl (C=O) groups excluding carboxylic acids is 1. The Hall–Kier alpha value is -4.29. The molecule has 33 heavy (non-hydrogen) atoms. The molecule has 0 aliphatic carbocycles. The van der Waals surface area contributed by atoms with Crippen LogP contribution < -0.4 is 0 Å². The number of rotatable bonds is 3. The van der Waals surface area contributed by atoms with Crippen molar-refractivity contribution in [1.29, 1.82) is 10.5 Å². The molecule has 1 saturated heterocycles. The highest BCUT2D eigenvalue weighted by Crippen LogP contribution is 2.60. The maximum absolute atomic E-state index is 15.1. The number of halogens is 2. The molecule has 0 radical (unpaired) electrons. The standard InChI is InChI=1S/C27H17F2N3O/c28-19-10-11-21(22(29)14-19)23-24(25(33)18-7-2-1-3-8-18)32-13-12-17-6-4-5-9-20(17)26(32)27(23,15-30)16-31/h1-14,23-24,26H/t23-,24+,26-/m0/s1. The largest absolute Gasteiger partial charge is 0.357 e. The van der Waals surface area contributed by atoms with Crippen LogP contribution in [0.1, 0.15) is 39.0 Å². The van der Waals surface area contributed by atoms with Gasteiger partial charge in [0, 0.05) is 23.7 Å². The first-order valence-corrected chi connectivity index (χ1v) is 10.4. The first kappa shape index (κ1) is 20.6. The fraction of sp³-hybridized carbons (Fsp3) is 0.148. The molecule has 4 nitrogen and oxygen atoms in total. The molecule has 0 saturated carbocycles. The number of fused-ring (bicyclic) bond motifs is 3. The van der Waals surface area contributed by atoms with Crippen molar-refractivity contribution in [3.05, 3.63) is 113 Å². The lowest BCUT2D eigenvalue weighted by molar-refractivity contribution is 0.0874. The summed E-state index contributed by atoms with van der Waals surface area (Å²) >= 11 is 0. The summed E-state index contributed by atoms with van der Waals surface area (Å²) in [4.78, 5) is 15.5. The molecule has 0 bridgehead atoms. The van der Waals surface area contributed by atoms with Gasteiger partial charge in [-0.25, -0.2) is 8.78 Å². The number of hydrogen-bond acceptors (Lipinski definition) is 4. The van der Waals surface area contributed by atoms with Gasteiger partial charge in [-0.1, -0.05) is 60.7 Å². The predicted molar refractivity (Wildman–Crippen MR) is 117 cm³/mol. The maximum atomic E-state index is 15.1. The third kappa shape index (κ3) is 2.96. The average Bonchev–Trinajstić information content (AvgIpc) is 3.15. The number of nitrogens with zero attached hydrogens (tertiary/aromatic N) is 3. The van der Waals surface area contributed by atoms with Gasteiger partial charge in [0.25, 0.3) is 0 Å². The molecule has 3 aromatic carbocycles. The Morgan fingerprint density at radius 1 is 0.909 bits per heavy atom. The van der Waals surface area contributed by atoms with Crippen molar-refractivity contribution < 1.29 is 13.6 Å². The highest BCUT2D eigenvalue weighted by molar-refractivity contribution is 6.01. The summed E-state index contributed by atoms with van der Waals surface area (Å²) in [6.45, 7) is 0. The number of hydrogen-bond donors (Lipinski definition) is 0. The van der Waals surface area contributed by atoms with Crippen LogP contribution in [0.3, 0.4) is 0 Å². The summed E-state index contributed by atoms with van der Waals surface area (Å²) in [5, 5.41) is 20.8. The first-order valence-electron chi connectivity index (χ1n) is 10.4. The van der Waals surface area contributed by atoms with E-state index in [0.29, 0.717) is 11.1 Å². The van der Waals surface area contributed by atoms with Crippen LogP contribution in [0.5, 0.6) is 0 Å². The lowest BCUT2D eigenvalue weighted by atomic mass is 9.67. The number of benzene rings is 3. The fourth-order valence-electron chi connectivity index (χ4n) is 5.17. The summed E-state index contributed by atoms with van der Waals surface area (Å²) in [6, 6.07) is 21.3. The van der Waals surface area contributed by atoms with Crippen LogP contribution in [0.25, 0.3) is 6.08 Å². The smallest absolute Gasteiger partial charge is 0.185 e. The Balaban J connectivity index is 1.80. The van der Waals surface area contributed by atoms with Gasteiger partial charge in [-0.2, -0.15) is 10.5 Å². The Kier molecular flexibility index (Phi) is 4.80. The summed E-state index contributed by atoms with van der Waals surface area (Å²) < 4.78 is 28.9. The van der Waals surface area contributed by atoms with E-state index in [1.54, 1.807) is 47.5 Å². The molecule has 2 aliphatic heterocycles. The molecule has 0 spiro atoms. The molecule has 0 unspecified atom stereocenters. The zero-order valence-electron chi connectivity index (χ0n) is 17.3. The van der Waals surface area contributed by atoms with Crippen LogP contribution >= 0.6 is 0 Å². The average molecular weight is 437 g/mol. The summed E-state index contributed by atoms with van der Waals surface area (Å²) in [5.41, 5.74) is 0.0785. The van der Waals surface area contributed by atoms with Gasteiger partial charge in [0.1, 0.15) is 17.7 Å².